The van der Waals surface area contributed by atoms with Crippen LogP contribution >= 0.6 is 22.6 Å². The van der Waals surface area contributed by atoms with E-state index in [4.69, 9.17) is 4.74 Å². The Morgan fingerprint density at radius 3 is 1.94 bits per heavy atom. The van der Waals surface area contributed by atoms with Crippen molar-refractivity contribution in [2.75, 3.05) is 11.0 Å². The van der Waals surface area contributed by atoms with Gasteiger partial charge in [-0.1, -0.05) is 80.9 Å². The van der Waals surface area contributed by atoms with E-state index in [-0.39, 0.29) is 5.97 Å². The molecule has 0 N–H and O–H groups in total. The van der Waals surface area contributed by atoms with E-state index in [1.807, 2.05) is 22.6 Å². The van der Waals surface area contributed by atoms with Gasteiger partial charge in [0.15, 0.2) is 0 Å². The van der Waals surface area contributed by atoms with Crippen LogP contribution in [0.15, 0.2) is 0 Å². The Kier molecular flexibility index (Phi) is 13.4. The molecule has 0 heterocycles. The summed E-state index contributed by atoms with van der Waals surface area (Å²) in [5, 5.41) is 0. The molecule has 0 aromatic heterocycles. The molecule has 0 amide bonds. The van der Waals surface area contributed by atoms with Crippen LogP contribution in [0.2, 0.25) is 0 Å². The van der Waals surface area contributed by atoms with Gasteiger partial charge >= 0.3 is 5.97 Å². The Labute approximate surface area is 114 Å². The SMILES string of the molecule is CCCCCCCCCCCOC(=O)CI. The number of unbranched alkanes of at least 4 members (excludes halogenated alkanes) is 8. The molecule has 0 aromatic carbocycles. The summed E-state index contributed by atoms with van der Waals surface area (Å²) in [5.74, 6) is -0.0832. The van der Waals surface area contributed by atoms with E-state index < -0.39 is 0 Å². The summed E-state index contributed by atoms with van der Waals surface area (Å²) >= 11 is 2.03. The number of hydrogen-bond acceptors (Lipinski definition) is 2. The third kappa shape index (κ3) is 12.3. The van der Waals surface area contributed by atoms with Crippen LogP contribution in [0.4, 0.5) is 0 Å². The summed E-state index contributed by atoms with van der Waals surface area (Å²) in [7, 11) is 0. The summed E-state index contributed by atoms with van der Waals surface area (Å²) in [6.07, 6.45) is 11.7. The van der Waals surface area contributed by atoms with Crippen LogP contribution in [0.3, 0.4) is 0 Å². The van der Waals surface area contributed by atoms with Crippen molar-refractivity contribution in [3.8, 4) is 0 Å². The van der Waals surface area contributed by atoms with Crippen molar-refractivity contribution in [1.29, 1.82) is 0 Å². The Morgan fingerprint density at radius 1 is 0.938 bits per heavy atom. The molecule has 16 heavy (non-hydrogen) atoms. The number of carbonyl (C=O) groups is 1. The average molecular weight is 340 g/mol. The van der Waals surface area contributed by atoms with Gasteiger partial charge in [-0.15, -0.1) is 0 Å². The van der Waals surface area contributed by atoms with Gasteiger partial charge in [-0.3, -0.25) is 4.79 Å². The summed E-state index contributed by atoms with van der Waals surface area (Å²) in [4.78, 5) is 10.8. The van der Waals surface area contributed by atoms with Crippen LogP contribution in [-0.4, -0.2) is 17.0 Å². The largest absolute Gasteiger partial charge is 0.465 e. The Bertz CT molecular complexity index is 160. The van der Waals surface area contributed by atoms with Crippen LogP contribution in [0.5, 0.6) is 0 Å². The second-order valence-corrected chi connectivity index (χ2v) is 4.95. The van der Waals surface area contributed by atoms with Crippen molar-refractivity contribution >= 4 is 28.6 Å². The molecule has 0 aromatic rings. The molecule has 0 unspecified atom stereocenters. The van der Waals surface area contributed by atoms with Crippen LogP contribution in [-0.2, 0) is 9.53 Å². The maximum absolute atomic E-state index is 10.8. The van der Waals surface area contributed by atoms with E-state index in [0.717, 1.165) is 6.42 Å². The van der Waals surface area contributed by atoms with Crippen molar-refractivity contribution in [3.63, 3.8) is 0 Å². The number of carbonyl (C=O) groups excluding carboxylic acids is 1. The number of ether oxygens (including phenoxy) is 1. The quantitative estimate of drug-likeness (QED) is 0.240. The highest BCUT2D eigenvalue weighted by Crippen LogP contribution is 2.09. The van der Waals surface area contributed by atoms with Crippen LogP contribution in [0.25, 0.3) is 0 Å². The first-order valence-corrected chi connectivity index (χ1v) is 8.05. The van der Waals surface area contributed by atoms with Crippen molar-refractivity contribution in [1.82, 2.24) is 0 Å². The van der Waals surface area contributed by atoms with Gasteiger partial charge < -0.3 is 4.74 Å². The highest BCUT2D eigenvalue weighted by Gasteiger charge is 1.98. The van der Waals surface area contributed by atoms with Gasteiger partial charge in [-0.2, -0.15) is 0 Å². The smallest absolute Gasteiger partial charge is 0.315 e. The number of rotatable bonds is 11. The van der Waals surface area contributed by atoms with Crippen LogP contribution < -0.4 is 0 Å². The third-order valence-corrected chi connectivity index (χ3v) is 3.24. The predicted molar refractivity (Wildman–Crippen MR) is 77.1 cm³/mol. The van der Waals surface area contributed by atoms with Crippen LogP contribution in [0, 0.1) is 0 Å². The minimum Gasteiger partial charge on any atom is -0.465 e. The highest BCUT2D eigenvalue weighted by molar-refractivity contribution is 14.1. The van der Waals surface area contributed by atoms with Gasteiger partial charge in [0.25, 0.3) is 0 Å². The molecule has 0 bridgehead atoms. The van der Waals surface area contributed by atoms with Gasteiger partial charge in [0.05, 0.1) is 11.0 Å². The van der Waals surface area contributed by atoms with E-state index in [0.29, 0.717) is 11.0 Å². The molecule has 0 fully saturated rings. The molecule has 0 radical (unpaired) electrons. The molecule has 0 aliphatic heterocycles. The summed E-state index contributed by atoms with van der Waals surface area (Å²) < 4.78 is 5.47. The molecule has 0 rings (SSSR count). The monoisotopic (exact) mass is 340 g/mol. The highest BCUT2D eigenvalue weighted by atomic mass is 127. The van der Waals surface area contributed by atoms with Crippen molar-refractivity contribution in [3.05, 3.63) is 0 Å². The maximum atomic E-state index is 10.8. The molecular weight excluding hydrogens is 315 g/mol. The van der Waals surface area contributed by atoms with Gasteiger partial charge in [0, 0.05) is 0 Å². The van der Waals surface area contributed by atoms with E-state index >= 15 is 0 Å². The lowest BCUT2D eigenvalue weighted by Gasteiger charge is -2.03. The molecule has 0 aliphatic rings. The Morgan fingerprint density at radius 2 is 1.44 bits per heavy atom. The first-order valence-electron chi connectivity index (χ1n) is 6.52. The molecule has 0 aliphatic carbocycles. The zero-order valence-corrected chi connectivity index (χ0v) is 12.6. The fourth-order valence-corrected chi connectivity index (χ4v) is 1.86. The molecule has 3 heteroatoms. The van der Waals surface area contributed by atoms with Gasteiger partial charge in [-0.05, 0) is 6.42 Å². The third-order valence-electron chi connectivity index (χ3n) is 2.62. The summed E-state index contributed by atoms with van der Waals surface area (Å²) in [6.45, 7) is 2.86. The predicted octanol–water partition coefficient (Wildman–Crippen LogP) is 4.50. The van der Waals surface area contributed by atoms with E-state index in [2.05, 4.69) is 6.92 Å². The van der Waals surface area contributed by atoms with Crippen molar-refractivity contribution in [2.45, 2.75) is 64.7 Å². The topological polar surface area (TPSA) is 26.3 Å². The molecule has 0 atom stereocenters. The van der Waals surface area contributed by atoms with E-state index in [1.165, 1.54) is 51.4 Å². The fraction of sp³-hybridized carbons (Fsp3) is 0.923. The summed E-state index contributed by atoms with van der Waals surface area (Å²) in [6, 6.07) is 0. The Balaban J connectivity index is 2.96. The normalized spacial score (nSPS) is 10.4. The number of esters is 1. The second-order valence-electron chi connectivity index (χ2n) is 4.18. The first-order chi connectivity index (χ1) is 7.81. The van der Waals surface area contributed by atoms with E-state index in [1.54, 1.807) is 0 Å². The molecule has 0 spiro atoms. The molecule has 0 saturated heterocycles. The number of halogens is 1. The lowest BCUT2D eigenvalue weighted by molar-refractivity contribution is -0.140. The van der Waals surface area contributed by atoms with Crippen molar-refractivity contribution < 1.29 is 9.53 Å². The molecule has 96 valence electrons. The minimum absolute atomic E-state index is 0.0832. The zero-order valence-electron chi connectivity index (χ0n) is 10.5. The molecular formula is C13H25IO2. The lowest BCUT2D eigenvalue weighted by Crippen LogP contribution is -2.06. The molecule has 2 nitrogen and oxygen atoms in total. The minimum atomic E-state index is -0.0832. The standard InChI is InChI=1S/C13H25IO2/c1-2-3-4-5-6-7-8-9-10-11-16-13(15)12-14/h2-12H2,1H3. The van der Waals surface area contributed by atoms with Gasteiger partial charge in [0.2, 0.25) is 0 Å². The van der Waals surface area contributed by atoms with Gasteiger partial charge in [-0.25, -0.2) is 0 Å². The average Bonchev–Trinajstić information content (AvgIpc) is 2.31. The van der Waals surface area contributed by atoms with Gasteiger partial charge in [0.1, 0.15) is 0 Å². The fourth-order valence-electron chi connectivity index (χ4n) is 1.64. The van der Waals surface area contributed by atoms with E-state index in [9.17, 15) is 4.79 Å². The molecule has 0 saturated carbocycles. The van der Waals surface area contributed by atoms with Crippen molar-refractivity contribution in [2.24, 2.45) is 0 Å². The van der Waals surface area contributed by atoms with Crippen LogP contribution in [0.1, 0.15) is 64.7 Å². The summed E-state index contributed by atoms with van der Waals surface area (Å²) in [5.41, 5.74) is 0. The first kappa shape index (κ1) is 16.2. The number of alkyl halides is 1. The Hall–Kier alpha value is 0.200. The lowest BCUT2D eigenvalue weighted by atomic mass is 10.1. The zero-order chi connectivity index (χ0) is 12.1. The number of hydrogen-bond donors (Lipinski definition) is 0. The second kappa shape index (κ2) is 13.3. The maximum Gasteiger partial charge on any atom is 0.315 e.